The summed E-state index contributed by atoms with van der Waals surface area (Å²) in [6.45, 7) is 0. The Kier molecular flexibility index (Phi) is 5.55. The smallest absolute Gasteiger partial charge is 0.236 e. The molecule has 0 aliphatic rings. The number of nitrogens with zero attached hydrogens (tertiary/aromatic N) is 3. The SMILES string of the molecule is O=C(CSc1nccn1-c1ccc(Br)cc1)Nc1ccc(Cl)cn1. The Balaban J connectivity index is 1.63. The number of nitrogens with one attached hydrogen (secondary N) is 1. The number of benzene rings is 1. The van der Waals surface area contributed by atoms with Gasteiger partial charge in [-0.2, -0.15) is 0 Å². The van der Waals surface area contributed by atoms with Crippen LogP contribution in [0.15, 0.2) is 64.6 Å². The first kappa shape index (κ1) is 17.0. The van der Waals surface area contributed by atoms with Gasteiger partial charge in [-0.1, -0.05) is 39.3 Å². The fraction of sp³-hybridized carbons (Fsp3) is 0.0625. The zero-order valence-corrected chi connectivity index (χ0v) is 15.5. The van der Waals surface area contributed by atoms with E-state index in [1.54, 1.807) is 18.3 Å². The number of amides is 1. The lowest BCUT2D eigenvalue weighted by Gasteiger charge is -2.08. The van der Waals surface area contributed by atoms with Crippen molar-refractivity contribution in [3.63, 3.8) is 0 Å². The summed E-state index contributed by atoms with van der Waals surface area (Å²) in [6.07, 6.45) is 5.07. The Bertz CT molecular complexity index is 836. The van der Waals surface area contributed by atoms with Crippen LogP contribution in [0.1, 0.15) is 0 Å². The second-order valence-corrected chi connectivity index (χ2v) is 7.05. The molecule has 3 rings (SSSR count). The molecule has 0 unspecified atom stereocenters. The molecule has 0 bridgehead atoms. The molecule has 2 heterocycles. The van der Waals surface area contributed by atoms with Crippen molar-refractivity contribution in [1.82, 2.24) is 14.5 Å². The van der Waals surface area contributed by atoms with E-state index >= 15 is 0 Å². The summed E-state index contributed by atoms with van der Waals surface area (Å²) in [7, 11) is 0. The summed E-state index contributed by atoms with van der Waals surface area (Å²) in [5, 5.41) is 4.00. The zero-order chi connectivity index (χ0) is 16.9. The largest absolute Gasteiger partial charge is 0.310 e. The van der Waals surface area contributed by atoms with Gasteiger partial charge in [0.1, 0.15) is 5.82 Å². The van der Waals surface area contributed by atoms with Crippen molar-refractivity contribution in [2.75, 3.05) is 11.1 Å². The van der Waals surface area contributed by atoms with E-state index in [-0.39, 0.29) is 11.7 Å². The van der Waals surface area contributed by atoms with Crippen LogP contribution < -0.4 is 5.32 Å². The minimum absolute atomic E-state index is 0.153. The highest BCUT2D eigenvalue weighted by atomic mass is 79.9. The summed E-state index contributed by atoms with van der Waals surface area (Å²) in [6, 6.07) is 11.2. The van der Waals surface area contributed by atoms with Gasteiger partial charge in [-0.25, -0.2) is 9.97 Å². The van der Waals surface area contributed by atoms with Crippen molar-refractivity contribution >= 4 is 51.0 Å². The van der Waals surface area contributed by atoms with E-state index in [0.29, 0.717) is 10.8 Å². The van der Waals surface area contributed by atoms with Crippen molar-refractivity contribution in [2.24, 2.45) is 0 Å². The molecule has 0 aliphatic heterocycles. The molecule has 5 nitrogen and oxygen atoms in total. The van der Waals surface area contributed by atoms with Crippen LogP contribution in [0.3, 0.4) is 0 Å². The molecule has 0 atom stereocenters. The van der Waals surface area contributed by atoms with Gasteiger partial charge in [0.25, 0.3) is 0 Å². The Morgan fingerprint density at radius 3 is 2.71 bits per heavy atom. The van der Waals surface area contributed by atoms with Gasteiger partial charge in [-0.15, -0.1) is 0 Å². The van der Waals surface area contributed by atoms with Crippen molar-refractivity contribution in [1.29, 1.82) is 0 Å². The average Bonchev–Trinajstić information content (AvgIpc) is 3.04. The summed E-state index contributed by atoms with van der Waals surface area (Å²) < 4.78 is 2.95. The normalized spacial score (nSPS) is 10.6. The first-order valence-corrected chi connectivity index (χ1v) is 9.11. The maximum atomic E-state index is 12.0. The molecule has 0 saturated carbocycles. The molecule has 3 aromatic rings. The number of hydrogen-bond acceptors (Lipinski definition) is 4. The molecule has 1 N–H and O–H groups in total. The minimum Gasteiger partial charge on any atom is -0.310 e. The second kappa shape index (κ2) is 7.83. The van der Waals surface area contributed by atoms with E-state index in [1.807, 2.05) is 35.0 Å². The Morgan fingerprint density at radius 2 is 2.00 bits per heavy atom. The quantitative estimate of drug-likeness (QED) is 0.617. The van der Waals surface area contributed by atoms with E-state index in [9.17, 15) is 4.79 Å². The van der Waals surface area contributed by atoms with Crippen LogP contribution in [0.4, 0.5) is 5.82 Å². The van der Waals surface area contributed by atoms with Gasteiger partial charge in [0.05, 0.1) is 10.8 Å². The number of carbonyl (C=O) groups is 1. The fourth-order valence-corrected chi connectivity index (χ4v) is 3.10. The molecule has 122 valence electrons. The summed E-state index contributed by atoms with van der Waals surface area (Å²) in [5.41, 5.74) is 0.984. The number of imidazole rings is 1. The highest BCUT2D eigenvalue weighted by Gasteiger charge is 2.10. The Hall–Kier alpha value is -1.83. The van der Waals surface area contributed by atoms with Crippen molar-refractivity contribution in [2.45, 2.75) is 5.16 Å². The molecule has 0 radical (unpaired) electrons. The molecule has 0 aliphatic carbocycles. The Labute approximate surface area is 156 Å². The Morgan fingerprint density at radius 1 is 1.21 bits per heavy atom. The number of halogens is 2. The second-order valence-electron chi connectivity index (χ2n) is 4.75. The van der Waals surface area contributed by atoms with Crippen LogP contribution in [-0.4, -0.2) is 26.2 Å². The van der Waals surface area contributed by atoms with Gasteiger partial charge in [-0.3, -0.25) is 9.36 Å². The minimum atomic E-state index is -0.153. The van der Waals surface area contributed by atoms with Gasteiger partial charge < -0.3 is 5.32 Å². The predicted octanol–water partition coefficient (Wildman–Crippen LogP) is 4.41. The first-order valence-electron chi connectivity index (χ1n) is 6.95. The fourth-order valence-electron chi connectivity index (χ4n) is 1.95. The molecule has 0 saturated heterocycles. The third kappa shape index (κ3) is 4.37. The van der Waals surface area contributed by atoms with Gasteiger partial charge in [0.15, 0.2) is 5.16 Å². The van der Waals surface area contributed by atoms with Crippen LogP contribution in [0.5, 0.6) is 0 Å². The number of carbonyl (C=O) groups excluding carboxylic acids is 1. The van der Waals surface area contributed by atoms with E-state index in [2.05, 4.69) is 31.2 Å². The molecule has 2 aromatic heterocycles. The molecule has 1 aromatic carbocycles. The molecule has 0 spiro atoms. The van der Waals surface area contributed by atoms with Gasteiger partial charge in [-0.05, 0) is 36.4 Å². The van der Waals surface area contributed by atoms with E-state index < -0.39 is 0 Å². The maximum Gasteiger partial charge on any atom is 0.236 e. The number of aromatic nitrogens is 3. The number of thioether (sulfide) groups is 1. The lowest BCUT2D eigenvalue weighted by atomic mass is 10.3. The van der Waals surface area contributed by atoms with E-state index in [1.165, 1.54) is 18.0 Å². The van der Waals surface area contributed by atoms with Crippen LogP contribution in [0, 0.1) is 0 Å². The molecular formula is C16H12BrClN4OS. The number of rotatable bonds is 5. The van der Waals surface area contributed by atoms with E-state index in [4.69, 9.17) is 11.6 Å². The van der Waals surface area contributed by atoms with Crippen LogP contribution >= 0.6 is 39.3 Å². The molecule has 8 heteroatoms. The van der Waals surface area contributed by atoms with Crippen molar-refractivity contribution in [3.05, 3.63) is 64.5 Å². The summed E-state index contributed by atoms with van der Waals surface area (Å²) in [5.74, 6) is 0.555. The van der Waals surface area contributed by atoms with Crippen LogP contribution in [-0.2, 0) is 4.79 Å². The van der Waals surface area contributed by atoms with Gasteiger partial charge in [0, 0.05) is 28.8 Å². The predicted molar refractivity (Wildman–Crippen MR) is 99.9 cm³/mol. The summed E-state index contributed by atoms with van der Waals surface area (Å²) in [4.78, 5) is 20.4. The summed E-state index contributed by atoms with van der Waals surface area (Å²) >= 11 is 10.5. The standard InChI is InChI=1S/C16H12BrClN4OS/c17-11-1-4-13(5-2-11)22-8-7-19-16(22)24-10-15(23)21-14-6-3-12(18)9-20-14/h1-9H,10H2,(H,20,21,23). The van der Waals surface area contributed by atoms with Crippen LogP contribution in [0.25, 0.3) is 5.69 Å². The first-order chi connectivity index (χ1) is 11.6. The molecular weight excluding hydrogens is 412 g/mol. The highest BCUT2D eigenvalue weighted by molar-refractivity contribution is 9.10. The van der Waals surface area contributed by atoms with Gasteiger partial charge >= 0.3 is 0 Å². The topological polar surface area (TPSA) is 59.8 Å². The third-order valence-corrected chi connectivity index (χ3v) is 4.76. The lowest BCUT2D eigenvalue weighted by molar-refractivity contribution is -0.113. The molecule has 24 heavy (non-hydrogen) atoms. The number of hydrogen-bond donors (Lipinski definition) is 1. The number of anilines is 1. The molecule has 0 fully saturated rings. The highest BCUT2D eigenvalue weighted by Crippen LogP contribution is 2.22. The monoisotopic (exact) mass is 422 g/mol. The number of pyridine rings is 1. The van der Waals surface area contributed by atoms with Crippen molar-refractivity contribution in [3.8, 4) is 5.69 Å². The van der Waals surface area contributed by atoms with Crippen molar-refractivity contribution < 1.29 is 4.79 Å². The van der Waals surface area contributed by atoms with Crippen LogP contribution in [0.2, 0.25) is 5.02 Å². The molecule has 1 amide bonds. The average molecular weight is 424 g/mol. The van der Waals surface area contributed by atoms with E-state index in [0.717, 1.165) is 15.3 Å². The lowest BCUT2D eigenvalue weighted by Crippen LogP contribution is -2.15. The zero-order valence-electron chi connectivity index (χ0n) is 12.3. The third-order valence-electron chi connectivity index (χ3n) is 3.04. The maximum absolute atomic E-state index is 12.0. The van der Waals surface area contributed by atoms with Gasteiger partial charge in [0.2, 0.25) is 5.91 Å².